The summed E-state index contributed by atoms with van der Waals surface area (Å²) in [5.74, 6) is 0.660. The first-order valence-corrected chi connectivity index (χ1v) is 9.18. The van der Waals surface area contributed by atoms with Crippen molar-refractivity contribution in [2.75, 3.05) is 25.1 Å². The largest absolute Gasteiger partial charge is 0.486 e. The Morgan fingerprint density at radius 3 is 2.71 bits per heavy atom. The summed E-state index contributed by atoms with van der Waals surface area (Å²) < 4.78 is 10.9. The minimum atomic E-state index is -0.327. The number of nitrogens with one attached hydrogen (secondary N) is 3. The van der Waals surface area contributed by atoms with E-state index >= 15 is 0 Å². The van der Waals surface area contributed by atoms with Gasteiger partial charge in [0.25, 0.3) is 0 Å². The Balaban J connectivity index is 1.32. The fraction of sp³-hybridized carbons (Fsp3) is 0.200. The van der Waals surface area contributed by atoms with Crippen LogP contribution in [0.4, 0.5) is 5.69 Å². The molecule has 0 fully saturated rings. The Bertz CT molecular complexity index is 1050. The summed E-state index contributed by atoms with van der Waals surface area (Å²) in [4.78, 5) is 27.4. The maximum Gasteiger partial charge on any atom is 0.243 e. The van der Waals surface area contributed by atoms with Gasteiger partial charge in [0.1, 0.15) is 13.2 Å². The van der Waals surface area contributed by atoms with E-state index in [2.05, 4.69) is 15.6 Å². The highest BCUT2D eigenvalue weighted by Gasteiger charge is 2.14. The summed E-state index contributed by atoms with van der Waals surface area (Å²) >= 11 is 6.02. The van der Waals surface area contributed by atoms with Crippen molar-refractivity contribution in [2.24, 2.45) is 0 Å². The van der Waals surface area contributed by atoms with Crippen molar-refractivity contribution in [1.82, 2.24) is 10.3 Å². The molecule has 1 aliphatic rings. The lowest BCUT2D eigenvalue weighted by molar-refractivity contribution is -0.123. The molecule has 0 radical (unpaired) electrons. The van der Waals surface area contributed by atoms with Crippen LogP contribution in [0.1, 0.15) is 5.56 Å². The lowest BCUT2D eigenvalue weighted by Gasteiger charge is -2.19. The zero-order valence-corrected chi connectivity index (χ0v) is 15.6. The summed E-state index contributed by atoms with van der Waals surface area (Å²) in [6, 6.07) is 10.6. The van der Waals surface area contributed by atoms with E-state index < -0.39 is 0 Å². The van der Waals surface area contributed by atoms with Gasteiger partial charge in [-0.3, -0.25) is 9.59 Å². The van der Waals surface area contributed by atoms with Gasteiger partial charge in [-0.05, 0) is 35.9 Å². The Labute approximate surface area is 166 Å². The molecule has 8 heteroatoms. The first-order chi connectivity index (χ1) is 13.6. The van der Waals surface area contributed by atoms with Crippen molar-refractivity contribution in [3.63, 3.8) is 0 Å². The van der Waals surface area contributed by atoms with Crippen LogP contribution in [-0.4, -0.2) is 36.6 Å². The van der Waals surface area contributed by atoms with Crippen LogP contribution < -0.4 is 20.1 Å². The van der Waals surface area contributed by atoms with Gasteiger partial charge in [-0.2, -0.15) is 0 Å². The lowest BCUT2D eigenvalue weighted by Crippen LogP contribution is -2.33. The molecule has 0 bridgehead atoms. The molecular formula is C20H18ClN3O4. The molecule has 4 rings (SSSR count). The average molecular weight is 400 g/mol. The van der Waals surface area contributed by atoms with Crippen LogP contribution in [0.25, 0.3) is 10.9 Å². The number of hydrogen-bond acceptors (Lipinski definition) is 4. The monoisotopic (exact) mass is 399 g/mol. The van der Waals surface area contributed by atoms with Gasteiger partial charge in [-0.1, -0.05) is 11.6 Å². The zero-order chi connectivity index (χ0) is 19.5. The second kappa shape index (κ2) is 7.82. The Morgan fingerprint density at radius 2 is 1.86 bits per heavy atom. The lowest BCUT2D eigenvalue weighted by atomic mass is 10.1. The molecule has 2 amide bonds. The van der Waals surface area contributed by atoms with Gasteiger partial charge >= 0.3 is 0 Å². The third-order valence-corrected chi connectivity index (χ3v) is 4.59. The number of halogens is 1. The van der Waals surface area contributed by atoms with Crippen LogP contribution >= 0.6 is 11.6 Å². The number of anilines is 1. The third-order valence-electron chi connectivity index (χ3n) is 4.35. The van der Waals surface area contributed by atoms with Crippen molar-refractivity contribution >= 4 is 40.0 Å². The van der Waals surface area contributed by atoms with Crippen LogP contribution in [0, 0.1) is 0 Å². The highest BCUT2D eigenvalue weighted by atomic mass is 35.5. The maximum absolute atomic E-state index is 12.2. The molecule has 144 valence electrons. The molecule has 1 aliphatic heterocycles. The average Bonchev–Trinajstić information content (AvgIpc) is 3.08. The van der Waals surface area contributed by atoms with E-state index in [0.717, 1.165) is 16.5 Å². The summed E-state index contributed by atoms with van der Waals surface area (Å²) in [6.07, 6.45) is 1.92. The second-order valence-corrected chi connectivity index (χ2v) is 6.80. The van der Waals surface area contributed by atoms with Crippen LogP contribution in [0.3, 0.4) is 0 Å². The van der Waals surface area contributed by atoms with E-state index in [-0.39, 0.29) is 24.8 Å². The number of aromatic amines is 1. The van der Waals surface area contributed by atoms with Crippen molar-refractivity contribution in [3.05, 3.63) is 53.2 Å². The van der Waals surface area contributed by atoms with Gasteiger partial charge < -0.3 is 25.1 Å². The molecule has 7 nitrogen and oxygen atoms in total. The Hall–Kier alpha value is -3.19. The predicted octanol–water partition coefficient (Wildman–Crippen LogP) is 2.89. The molecule has 1 aromatic heterocycles. The van der Waals surface area contributed by atoms with Crippen molar-refractivity contribution in [1.29, 1.82) is 0 Å². The van der Waals surface area contributed by atoms with Gasteiger partial charge in [0, 0.05) is 33.9 Å². The molecule has 2 aromatic carbocycles. The fourth-order valence-corrected chi connectivity index (χ4v) is 3.21. The molecular weight excluding hydrogens is 382 g/mol. The van der Waals surface area contributed by atoms with Crippen LogP contribution in [0.5, 0.6) is 11.5 Å². The van der Waals surface area contributed by atoms with Crippen molar-refractivity contribution in [2.45, 2.75) is 6.42 Å². The van der Waals surface area contributed by atoms with Gasteiger partial charge in [-0.25, -0.2) is 0 Å². The molecule has 0 saturated carbocycles. The van der Waals surface area contributed by atoms with Crippen LogP contribution in [0.2, 0.25) is 5.02 Å². The molecule has 0 aliphatic carbocycles. The number of benzene rings is 2. The molecule has 0 spiro atoms. The first-order valence-electron chi connectivity index (χ1n) is 8.80. The molecule has 0 unspecified atom stereocenters. The zero-order valence-electron chi connectivity index (χ0n) is 14.9. The number of carbonyl (C=O) groups excluding carboxylic acids is 2. The minimum absolute atomic E-state index is 0.129. The SMILES string of the molecule is O=C(Cc1c[nH]c2ccc(Cl)cc12)NCC(=O)Nc1ccc2c(c1)OCCO2. The van der Waals surface area contributed by atoms with Gasteiger partial charge in [0.2, 0.25) is 11.8 Å². The number of rotatable bonds is 5. The van der Waals surface area contributed by atoms with E-state index in [1.807, 2.05) is 12.1 Å². The van der Waals surface area contributed by atoms with Crippen molar-refractivity contribution < 1.29 is 19.1 Å². The topological polar surface area (TPSA) is 92.5 Å². The van der Waals surface area contributed by atoms with Gasteiger partial charge in [0.15, 0.2) is 11.5 Å². The molecule has 28 heavy (non-hydrogen) atoms. The maximum atomic E-state index is 12.2. The van der Waals surface area contributed by atoms with E-state index in [0.29, 0.717) is 35.4 Å². The number of amides is 2. The Morgan fingerprint density at radius 1 is 1.04 bits per heavy atom. The van der Waals surface area contributed by atoms with Gasteiger partial charge in [-0.15, -0.1) is 0 Å². The first kappa shape index (κ1) is 18.2. The molecule has 0 atom stereocenters. The van der Waals surface area contributed by atoms with Crippen LogP contribution in [0.15, 0.2) is 42.6 Å². The summed E-state index contributed by atoms with van der Waals surface area (Å²) in [7, 11) is 0. The number of aromatic nitrogens is 1. The fourth-order valence-electron chi connectivity index (χ4n) is 3.04. The van der Waals surface area contributed by atoms with E-state index in [1.54, 1.807) is 30.5 Å². The highest BCUT2D eigenvalue weighted by molar-refractivity contribution is 6.31. The molecule has 3 N–H and O–H groups in total. The summed E-state index contributed by atoms with van der Waals surface area (Å²) in [5, 5.41) is 6.86. The molecule has 3 aromatic rings. The van der Waals surface area contributed by atoms with Crippen molar-refractivity contribution in [3.8, 4) is 11.5 Å². The number of ether oxygens (including phenoxy) is 2. The Kier molecular flexibility index (Phi) is 5.08. The number of H-pyrrole nitrogens is 1. The highest BCUT2D eigenvalue weighted by Crippen LogP contribution is 2.32. The van der Waals surface area contributed by atoms with E-state index in [4.69, 9.17) is 21.1 Å². The van der Waals surface area contributed by atoms with Gasteiger partial charge in [0.05, 0.1) is 13.0 Å². The van der Waals surface area contributed by atoms with E-state index in [1.165, 1.54) is 0 Å². The normalized spacial score (nSPS) is 12.6. The molecule has 2 heterocycles. The number of carbonyl (C=O) groups is 2. The second-order valence-electron chi connectivity index (χ2n) is 6.36. The predicted molar refractivity (Wildman–Crippen MR) is 106 cm³/mol. The quantitative estimate of drug-likeness (QED) is 0.615. The third kappa shape index (κ3) is 4.04. The minimum Gasteiger partial charge on any atom is -0.486 e. The smallest absolute Gasteiger partial charge is 0.243 e. The summed E-state index contributed by atoms with van der Waals surface area (Å²) in [5.41, 5.74) is 2.31. The van der Waals surface area contributed by atoms with Crippen LogP contribution in [-0.2, 0) is 16.0 Å². The van der Waals surface area contributed by atoms with E-state index in [9.17, 15) is 9.59 Å². The molecule has 0 saturated heterocycles. The summed E-state index contributed by atoms with van der Waals surface area (Å²) in [6.45, 7) is 0.850. The number of fused-ring (bicyclic) bond motifs is 2. The standard InChI is InChI=1S/C20H18ClN3O4/c21-13-1-3-16-15(8-13)12(10-22-16)7-19(25)23-11-20(26)24-14-2-4-17-18(9-14)28-6-5-27-17/h1-4,8-10,22H,5-7,11H2,(H,23,25)(H,24,26). The number of hydrogen-bond donors (Lipinski definition) is 3.